The molecule has 4 N–H and O–H groups in total. The normalized spacial score (nSPS) is 13.5. The first-order valence-corrected chi connectivity index (χ1v) is 5.26. The van der Waals surface area contributed by atoms with Gasteiger partial charge in [-0.1, -0.05) is 0 Å². The molecule has 0 spiro atoms. The van der Waals surface area contributed by atoms with Gasteiger partial charge in [-0.05, 0) is 6.92 Å². The van der Waals surface area contributed by atoms with Crippen LogP contribution in [-0.4, -0.2) is 40.5 Å². The van der Waals surface area contributed by atoms with Crippen LogP contribution >= 0.6 is 0 Å². The summed E-state index contributed by atoms with van der Waals surface area (Å²) in [5.41, 5.74) is 2.49. The van der Waals surface area contributed by atoms with E-state index in [9.17, 15) is 0 Å². The molecular formula is C9H19N7O. The lowest BCUT2D eigenvalue weighted by molar-refractivity contribution is 0.179. The fraction of sp³-hybridized carbons (Fsp3) is 0.667. The summed E-state index contributed by atoms with van der Waals surface area (Å²) in [5.74, 6) is 6.48. The molecule has 0 amide bonds. The highest BCUT2D eigenvalue weighted by Crippen LogP contribution is 1.91. The SMILES string of the molecule is COCC(C)NC(=NCc1ncn(C)n1)NN. The van der Waals surface area contributed by atoms with Crippen LogP contribution in [-0.2, 0) is 18.3 Å². The van der Waals surface area contributed by atoms with Crippen LogP contribution in [0.2, 0.25) is 0 Å². The Hall–Kier alpha value is -1.67. The van der Waals surface area contributed by atoms with Gasteiger partial charge in [-0.25, -0.2) is 15.8 Å². The number of nitrogens with one attached hydrogen (secondary N) is 2. The van der Waals surface area contributed by atoms with E-state index in [2.05, 4.69) is 25.8 Å². The molecule has 1 heterocycles. The summed E-state index contributed by atoms with van der Waals surface area (Å²) in [7, 11) is 3.45. The minimum absolute atomic E-state index is 0.117. The number of rotatable bonds is 5. The van der Waals surface area contributed by atoms with Crippen molar-refractivity contribution in [3.63, 3.8) is 0 Å². The van der Waals surface area contributed by atoms with E-state index in [1.807, 2.05) is 6.92 Å². The van der Waals surface area contributed by atoms with E-state index >= 15 is 0 Å². The van der Waals surface area contributed by atoms with E-state index in [1.165, 1.54) is 0 Å². The topological polar surface area (TPSA) is 102 Å². The summed E-state index contributed by atoms with van der Waals surface area (Å²) in [5, 5.41) is 7.18. The van der Waals surface area contributed by atoms with Crippen molar-refractivity contribution in [2.24, 2.45) is 17.9 Å². The number of hydrogen-bond donors (Lipinski definition) is 3. The molecule has 0 radical (unpaired) electrons. The summed E-state index contributed by atoms with van der Waals surface area (Å²) < 4.78 is 6.63. The van der Waals surface area contributed by atoms with Gasteiger partial charge in [-0.3, -0.25) is 10.1 Å². The third-order valence-electron chi connectivity index (χ3n) is 1.96. The molecule has 17 heavy (non-hydrogen) atoms. The number of nitrogens with zero attached hydrogens (tertiary/aromatic N) is 4. The Morgan fingerprint density at radius 1 is 1.71 bits per heavy atom. The van der Waals surface area contributed by atoms with E-state index in [1.54, 1.807) is 25.2 Å². The summed E-state index contributed by atoms with van der Waals surface area (Å²) in [6.45, 7) is 2.91. The zero-order valence-electron chi connectivity index (χ0n) is 10.3. The van der Waals surface area contributed by atoms with Crippen LogP contribution in [0.4, 0.5) is 0 Å². The second kappa shape index (κ2) is 6.81. The third-order valence-corrected chi connectivity index (χ3v) is 1.96. The maximum Gasteiger partial charge on any atom is 0.206 e. The summed E-state index contributed by atoms with van der Waals surface area (Å²) in [6.07, 6.45) is 1.63. The van der Waals surface area contributed by atoms with Gasteiger partial charge in [0.2, 0.25) is 5.96 Å². The molecule has 1 unspecified atom stereocenters. The first-order valence-electron chi connectivity index (χ1n) is 5.26. The van der Waals surface area contributed by atoms with Crippen molar-refractivity contribution in [1.82, 2.24) is 25.5 Å². The predicted molar refractivity (Wildman–Crippen MR) is 63.9 cm³/mol. The fourth-order valence-electron chi connectivity index (χ4n) is 1.26. The molecule has 1 aromatic heterocycles. The van der Waals surface area contributed by atoms with Crippen molar-refractivity contribution in [2.45, 2.75) is 19.5 Å². The smallest absolute Gasteiger partial charge is 0.206 e. The van der Waals surface area contributed by atoms with Crippen molar-refractivity contribution in [2.75, 3.05) is 13.7 Å². The zero-order valence-corrected chi connectivity index (χ0v) is 10.3. The van der Waals surface area contributed by atoms with Gasteiger partial charge in [0, 0.05) is 20.2 Å². The molecule has 0 aliphatic rings. The number of ether oxygens (including phenoxy) is 1. The van der Waals surface area contributed by atoms with Crippen molar-refractivity contribution in [3.8, 4) is 0 Å². The van der Waals surface area contributed by atoms with Gasteiger partial charge in [0.25, 0.3) is 0 Å². The molecule has 0 aliphatic heterocycles. The lowest BCUT2D eigenvalue weighted by Gasteiger charge is -2.15. The van der Waals surface area contributed by atoms with E-state index in [4.69, 9.17) is 10.6 Å². The molecule has 0 saturated carbocycles. The lowest BCUT2D eigenvalue weighted by atomic mass is 10.4. The van der Waals surface area contributed by atoms with Gasteiger partial charge in [0.05, 0.1) is 6.61 Å². The van der Waals surface area contributed by atoms with Crippen molar-refractivity contribution >= 4 is 5.96 Å². The van der Waals surface area contributed by atoms with E-state index < -0.39 is 0 Å². The summed E-state index contributed by atoms with van der Waals surface area (Å²) in [4.78, 5) is 8.28. The first-order chi connectivity index (χ1) is 8.15. The number of hydrazine groups is 1. The van der Waals surface area contributed by atoms with Crippen molar-refractivity contribution in [3.05, 3.63) is 12.2 Å². The highest BCUT2D eigenvalue weighted by molar-refractivity contribution is 5.79. The molecule has 1 rings (SSSR count). The number of aliphatic imine (C=N–C) groups is 1. The second-order valence-electron chi connectivity index (χ2n) is 3.64. The molecule has 8 nitrogen and oxygen atoms in total. The van der Waals surface area contributed by atoms with Crippen LogP contribution in [0, 0.1) is 0 Å². The molecule has 1 atom stereocenters. The molecule has 8 heteroatoms. The molecule has 0 aliphatic carbocycles. The number of hydrogen-bond acceptors (Lipinski definition) is 5. The van der Waals surface area contributed by atoms with E-state index in [0.717, 1.165) is 0 Å². The largest absolute Gasteiger partial charge is 0.383 e. The minimum Gasteiger partial charge on any atom is -0.383 e. The van der Waals surface area contributed by atoms with Crippen LogP contribution in [0.25, 0.3) is 0 Å². The Morgan fingerprint density at radius 2 is 2.47 bits per heavy atom. The van der Waals surface area contributed by atoms with Crippen LogP contribution in [0.5, 0.6) is 0 Å². The highest BCUT2D eigenvalue weighted by Gasteiger charge is 2.04. The molecule has 96 valence electrons. The Balaban J connectivity index is 2.49. The van der Waals surface area contributed by atoms with Gasteiger partial charge in [-0.2, -0.15) is 5.10 Å². The molecule has 0 fully saturated rings. The van der Waals surface area contributed by atoms with Crippen LogP contribution in [0.15, 0.2) is 11.3 Å². The number of guanidine groups is 1. The molecular weight excluding hydrogens is 222 g/mol. The standard InChI is InChI=1S/C9H19N7O/c1-7(5-17-3)13-9(14-10)11-4-8-12-6-16(2)15-8/h6-7H,4-5,10H2,1-3H3,(H2,11,13,14). The third kappa shape index (κ3) is 4.79. The molecule has 1 aromatic rings. The summed E-state index contributed by atoms with van der Waals surface area (Å²) >= 11 is 0. The van der Waals surface area contributed by atoms with Crippen LogP contribution in [0.1, 0.15) is 12.7 Å². The van der Waals surface area contributed by atoms with E-state index in [-0.39, 0.29) is 6.04 Å². The van der Waals surface area contributed by atoms with Gasteiger partial charge in [-0.15, -0.1) is 0 Å². The van der Waals surface area contributed by atoms with Gasteiger partial charge >= 0.3 is 0 Å². The van der Waals surface area contributed by atoms with Crippen LogP contribution in [0.3, 0.4) is 0 Å². The number of nitrogens with two attached hydrogens (primary N) is 1. The average molecular weight is 241 g/mol. The molecule has 0 bridgehead atoms. The first kappa shape index (κ1) is 13.4. The quantitative estimate of drug-likeness (QED) is 0.258. The lowest BCUT2D eigenvalue weighted by Crippen LogP contribution is -2.46. The van der Waals surface area contributed by atoms with Crippen molar-refractivity contribution < 1.29 is 4.74 Å². The Labute approximate surface area is 100 Å². The van der Waals surface area contributed by atoms with Crippen LogP contribution < -0.4 is 16.6 Å². The monoisotopic (exact) mass is 241 g/mol. The maximum absolute atomic E-state index is 5.36. The second-order valence-corrected chi connectivity index (χ2v) is 3.64. The van der Waals surface area contributed by atoms with E-state index in [0.29, 0.717) is 24.9 Å². The molecule has 0 saturated heterocycles. The summed E-state index contributed by atoms with van der Waals surface area (Å²) in [6, 6.07) is 0.117. The average Bonchev–Trinajstić information content (AvgIpc) is 2.70. The minimum atomic E-state index is 0.117. The highest BCUT2D eigenvalue weighted by atomic mass is 16.5. The number of aryl methyl sites for hydroxylation is 1. The van der Waals surface area contributed by atoms with Crippen molar-refractivity contribution in [1.29, 1.82) is 0 Å². The zero-order chi connectivity index (χ0) is 12.7. The Bertz CT molecular complexity index is 362. The number of methoxy groups -OCH3 is 1. The predicted octanol–water partition coefficient (Wildman–Crippen LogP) is -1.24. The fourth-order valence-corrected chi connectivity index (χ4v) is 1.26. The Morgan fingerprint density at radius 3 is 3.00 bits per heavy atom. The van der Waals surface area contributed by atoms with Gasteiger partial charge < -0.3 is 10.1 Å². The van der Waals surface area contributed by atoms with Gasteiger partial charge in [0.15, 0.2) is 5.82 Å². The maximum atomic E-state index is 5.36. The molecule has 0 aromatic carbocycles. The Kier molecular flexibility index (Phi) is 5.37. The van der Waals surface area contributed by atoms with Gasteiger partial charge in [0.1, 0.15) is 12.9 Å². The number of aromatic nitrogens is 3.